The Bertz CT molecular complexity index is 632. The van der Waals surface area contributed by atoms with E-state index in [-0.39, 0.29) is 17.4 Å². The number of benzene rings is 1. The second-order valence-corrected chi connectivity index (χ2v) is 7.05. The van der Waals surface area contributed by atoms with Gasteiger partial charge in [-0.2, -0.15) is 33.4 Å². The van der Waals surface area contributed by atoms with E-state index >= 15 is 0 Å². The molecule has 0 fully saturated rings. The Morgan fingerprint density at radius 3 is 2.50 bits per heavy atom. The van der Waals surface area contributed by atoms with Gasteiger partial charge in [-0.3, -0.25) is 4.79 Å². The van der Waals surface area contributed by atoms with Gasteiger partial charge in [0.2, 0.25) is 0 Å². The topological polar surface area (TPSA) is 72.5 Å². The van der Waals surface area contributed by atoms with Crippen LogP contribution >= 0.6 is 11.8 Å². The molecule has 0 spiro atoms. The Labute approximate surface area is 130 Å². The highest BCUT2D eigenvalue weighted by Gasteiger charge is 2.48. The number of hydrogen-bond acceptors (Lipinski definition) is 5. The predicted molar refractivity (Wildman–Crippen MR) is 77.4 cm³/mol. The van der Waals surface area contributed by atoms with Crippen molar-refractivity contribution in [3.05, 3.63) is 29.8 Å². The number of nitrogens with one attached hydrogen (secondary N) is 1. The minimum absolute atomic E-state index is 0.0935. The van der Waals surface area contributed by atoms with E-state index in [1.165, 1.54) is 30.0 Å². The average molecular weight is 357 g/mol. The van der Waals surface area contributed by atoms with E-state index in [0.29, 0.717) is 0 Å². The lowest BCUT2D eigenvalue weighted by molar-refractivity contribution is -0.0500. The van der Waals surface area contributed by atoms with Crippen molar-refractivity contribution in [2.24, 2.45) is 0 Å². The summed E-state index contributed by atoms with van der Waals surface area (Å²) in [4.78, 5) is 11.9. The summed E-state index contributed by atoms with van der Waals surface area (Å²) in [5.41, 5.74) is -5.85. The molecule has 0 bridgehead atoms. The Morgan fingerprint density at radius 2 is 1.95 bits per heavy atom. The molecule has 0 saturated carbocycles. The Kier molecular flexibility index (Phi) is 6.12. The Balaban J connectivity index is 2.98. The number of carbonyl (C=O) groups excluding carboxylic acids is 1. The van der Waals surface area contributed by atoms with E-state index in [0.717, 1.165) is 6.07 Å². The summed E-state index contributed by atoms with van der Waals surface area (Å²) >= 11 is 1.49. The lowest BCUT2D eigenvalue weighted by atomic mass is 10.2. The number of alkyl halides is 3. The molecule has 1 rings (SSSR count). The van der Waals surface area contributed by atoms with Crippen LogP contribution in [0.2, 0.25) is 0 Å². The molecule has 10 heteroatoms. The highest BCUT2D eigenvalue weighted by atomic mass is 32.2. The molecule has 0 aliphatic heterocycles. The van der Waals surface area contributed by atoms with Gasteiger partial charge in [-0.1, -0.05) is 19.1 Å². The van der Waals surface area contributed by atoms with E-state index in [9.17, 15) is 26.4 Å². The summed E-state index contributed by atoms with van der Waals surface area (Å²) in [6.07, 6.45) is 1.84. The van der Waals surface area contributed by atoms with E-state index in [1.807, 2.05) is 13.2 Å². The number of rotatable bonds is 6. The van der Waals surface area contributed by atoms with E-state index in [4.69, 9.17) is 0 Å². The molecule has 1 aromatic rings. The van der Waals surface area contributed by atoms with Crippen LogP contribution in [0.15, 0.2) is 24.3 Å². The smallest absolute Gasteiger partial charge is 0.375 e. The fraction of sp³-hybridized carbons (Fsp3) is 0.417. The number of halogens is 3. The summed E-state index contributed by atoms with van der Waals surface area (Å²) in [5.74, 6) is -1.39. The highest BCUT2D eigenvalue weighted by Crippen LogP contribution is 2.28. The van der Waals surface area contributed by atoms with Crippen molar-refractivity contribution in [1.82, 2.24) is 5.32 Å². The summed E-state index contributed by atoms with van der Waals surface area (Å²) in [6, 6.07) is 4.82. The highest BCUT2D eigenvalue weighted by molar-refractivity contribution is 7.99. The molecule has 1 amide bonds. The van der Waals surface area contributed by atoms with Crippen LogP contribution in [0.5, 0.6) is 5.75 Å². The first-order valence-electron chi connectivity index (χ1n) is 5.99. The van der Waals surface area contributed by atoms with Gasteiger partial charge in [0.1, 0.15) is 0 Å². The molecule has 0 saturated heterocycles. The van der Waals surface area contributed by atoms with Crippen molar-refractivity contribution >= 4 is 27.8 Å². The number of thioether (sulfide) groups is 1. The van der Waals surface area contributed by atoms with Crippen molar-refractivity contribution in [3.63, 3.8) is 0 Å². The third-order valence-corrected chi connectivity index (χ3v) is 4.50. The van der Waals surface area contributed by atoms with E-state index < -0.39 is 27.3 Å². The minimum Gasteiger partial charge on any atom is -0.375 e. The molecule has 0 heterocycles. The third kappa shape index (κ3) is 4.80. The predicted octanol–water partition coefficient (Wildman–Crippen LogP) is 2.40. The van der Waals surface area contributed by atoms with Crippen molar-refractivity contribution in [1.29, 1.82) is 0 Å². The van der Waals surface area contributed by atoms with Crippen LogP contribution in [0, 0.1) is 0 Å². The van der Waals surface area contributed by atoms with Gasteiger partial charge in [-0.15, -0.1) is 0 Å². The lowest BCUT2D eigenvalue weighted by Gasteiger charge is -2.14. The minimum atomic E-state index is -5.83. The van der Waals surface area contributed by atoms with Crippen LogP contribution in [0.4, 0.5) is 13.2 Å². The van der Waals surface area contributed by atoms with Crippen molar-refractivity contribution in [2.75, 3.05) is 12.8 Å². The monoisotopic (exact) mass is 357 g/mol. The van der Waals surface area contributed by atoms with Crippen LogP contribution < -0.4 is 9.50 Å². The first kappa shape index (κ1) is 18.6. The molecular weight excluding hydrogens is 343 g/mol. The fourth-order valence-corrected chi connectivity index (χ4v) is 2.03. The van der Waals surface area contributed by atoms with Crippen LogP contribution in [0.1, 0.15) is 17.3 Å². The van der Waals surface area contributed by atoms with Gasteiger partial charge in [0.15, 0.2) is 5.75 Å². The van der Waals surface area contributed by atoms with Gasteiger partial charge in [0.05, 0.1) is 5.56 Å². The fourth-order valence-electron chi connectivity index (χ4n) is 1.31. The first-order chi connectivity index (χ1) is 10.1. The maximum absolute atomic E-state index is 12.3. The largest absolute Gasteiger partial charge is 0.534 e. The maximum Gasteiger partial charge on any atom is 0.534 e. The van der Waals surface area contributed by atoms with Gasteiger partial charge in [-0.05, 0) is 18.4 Å². The molecule has 0 radical (unpaired) electrons. The molecule has 0 aliphatic carbocycles. The quantitative estimate of drug-likeness (QED) is 0.625. The van der Waals surface area contributed by atoms with Crippen molar-refractivity contribution in [3.8, 4) is 5.75 Å². The zero-order valence-electron chi connectivity index (χ0n) is 11.7. The molecule has 1 unspecified atom stereocenters. The van der Waals surface area contributed by atoms with Crippen molar-refractivity contribution in [2.45, 2.75) is 17.7 Å². The van der Waals surface area contributed by atoms with Crippen LogP contribution in [0.3, 0.4) is 0 Å². The molecule has 1 N–H and O–H groups in total. The standard InChI is InChI=1S/C12H14F3NO4S2/c1-8(21-2)7-16-11(17)9-5-3-4-6-10(9)20-22(18,19)12(13,14)15/h3-6,8H,7H2,1-2H3,(H,16,17). The third-order valence-electron chi connectivity index (χ3n) is 2.57. The van der Waals surface area contributed by atoms with Crippen LogP contribution in [0.25, 0.3) is 0 Å². The van der Waals surface area contributed by atoms with Crippen LogP contribution in [-0.2, 0) is 10.1 Å². The summed E-state index contributed by atoms with van der Waals surface area (Å²) in [7, 11) is -5.83. The molecule has 1 atom stereocenters. The SMILES string of the molecule is CSC(C)CNC(=O)c1ccccc1OS(=O)(=O)C(F)(F)F. The second-order valence-electron chi connectivity index (χ2n) is 4.24. The Hall–Kier alpha value is -1.42. The zero-order chi connectivity index (χ0) is 17.0. The molecule has 0 aliphatic rings. The summed E-state index contributed by atoms with van der Waals surface area (Å²) in [6.45, 7) is 2.13. The van der Waals surface area contributed by atoms with Crippen molar-refractivity contribution < 1.29 is 30.6 Å². The van der Waals surface area contributed by atoms with Gasteiger partial charge in [0, 0.05) is 11.8 Å². The van der Waals surface area contributed by atoms with Gasteiger partial charge in [0.25, 0.3) is 5.91 Å². The maximum atomic E-state index is 12.3. The molecule has 5 nitrogen and oxygen atoms in total. The number of para-hydroxylation sites is 1. The van der Waals surface area contributed by atoms with Gasteiger partial charge >= 0.3 is 15.6 Å². The normalized spacial score (nSPS) is 13.5. The molecule has 124 valence electrons. The summed E-state index contributed by atoms with van der Waals surface area (Å²) < 4.78 is 63.1. The number of carbonyl (C=O) groups is 1. The van der Waals surface area contributed by atoms with E-state index in [1.54, 1.807) is 0 Å². The number of hydrogen-bond donors (Lipinski definition) is 1. The number of amides is 1. The molecular formula is C12H14F3NO4S2. The Morgan fingerprint density at radius 1 is 1.36 bits per heavy atom. The van der Waals surface area contributed by atoms with Crippen LogP contribution in [-0.4, -0.2) is 37.9 Å². The zero-order valence-corrected chi connectivity index (χ0v) is 13.3. The van der Waals surface area contributed by atoms with E-state index in [2.05, 4.69) is 9.50 Å². The average Bonchev–Trinajstić information content (AvgIpc) is 2.43. The van der Waals surface area contributed by atoms with Gasteiger partial charge in [-0.25, -0.2) is 0 Å². The summed E-state index contributed by atoms with van der Waals surface area (Å²) in [5, 5.41) is 2.59. The first-order valence-corrected chi connectivity index (χ1v) is 8.69. The van der Waals surface area contributed by atoms with Gasteiger partial charge < -0.3 is 9.50 Å². The second kappa shape index (κ2) is 7.23. The molecule has 1 aromatic carbocycles. The molecule has 22 heavy (non-hydrogen) atoms. The molecule has 0 aromatic heterocycles. The lowest BCUT2D eigenvalue weighted by Crippen LogP contribution is -2.31.